The zero-order valence-electron chi connectivity index (χ0n) is 17.6. The van der Waals surface area contributed by atoms with E-state index in [0.717, 1.165) is 0 Å². The second kappa shape index (κ2) is 6.51. The van der Waals surface area contributed by atoms with Crippen LogP contribution in [-0.2, 0) is 0 Å². The van der Waals surface area contributed by atoms with Crippen LogP contribution in [0.3, 0.4) is 0 Å². The van der Waals surface area contributed by atoms with Gasteiger partial charge in [0, 0.05) is 11.8 Å². The molecule has 0 aromatic heterocycles. The van der Waals surface area contributed by atoms with Gasteiger partial charge in [-0.2, -0.15) is 0 Å². The molecular formula is C27H32. The third kappa shape index (κ3) is 2.81. The van der Waals surface area contributed by atoms with Gasteiger partial charge in [0.05, 0.1) is 0 Å². The predicted molar refractivity (Wildman–Crippen MR) is 118 cm³/mol. The molecule has 0 saturated carbocycles. The second-order valence-electron chi connectivity index (χ2n) is 9.50. The predicted octanol–water partition coefficient (Wildman–Crippen LogP) is 7.69. The third-order valence-electron chi connectivity index (χ3n) is 6.75. The van der Waals surface area contributed by atoms with Crippen LogP contribution in [0.5, 0.6) is 0 Å². The Morgan fingerprint density at radius 3 is 1.37 bits per heavy atom. The zero-order chi connectivity index (χ0) is 19.3. The molecule has 2 aliphatic carbocycles. The van der Waals surface area contributed by atoms with Crippen LogP contribution in [0.1, 0.15) is 75.6 Å². The Kier molecular flexibility index (Phi) is 4.41. The Labute approximate surface area is 165 Å². The van der Waals surface area contributed by atoms with Gasteiger partial charge in [-0.3, -0.25) is 0 Å². The number of benzene rings is 2. The smallest absolute Gasteiger partial charge is 0.00902 e. The Bertz CT molecular complexity index is 845. The SMILES string of the molecule is CC(C)C1=CC(C(C)(C)C2C=C(C(C)C)c3ccccc32)c2ccccc21. The van der Waals surface area contributed by atoms with Crippen LogP contribution in [0, 0.1) is 17.3 Å². The molecule has 0 heteroatoms. The van der Waals surface area contributed by atoms with Crippen molar-refractivity contribution in [3.63, 3.8) is 0 Å². The third-order valence-corrected chi connectivity index (χ3v) is 6.75. The second-order valence-corrected chi connectivity index (χ2v) is 9.50. The summed E-state index contributed by atoms with van der Waals surface area (Å²) in [5.41, 5.74) is 9.10. The van der Waals surface area contributed by atoms with Gasteiger partial charge in [-0.25, -0.2) is 0 Å². The summed E-state index contributed by atoms with van der Waals surface area (Å²) in [7, 11) is 0. The fourth-order valence-electron chi connectivity index (χ4n) is 5.21. The van der Waals surface area contributed by atoms with Crippen molar-refractivity contribution < 1.29 is 0 Å². The fourth-order valence-corrected chi connectivity index (χ4v) is 5.21. The lowest BCUT2D eigenvalue weighted by atomic mass is 9.66. The summed E-state index contributed by atoms with van der Waals surface area (Å²) < 4.78 is 0. The summed E-state index contributed by atoms with van der Waals surface area (Å²) in [6, 6.07) is 18.1. The van der Waals surface area contributed by atoms with Crippen molar-refractivity contribution in [2.75, 3.05) is 0 Å². The highest BCUT2D eigenvalue weighted by Gasteiger charge is 2.43. The lowest BCUT2D eigenvalue weighted by Gasteiger charge is -2.37. The molecule has 2 aliphatic rings. The highest BCUT2D eigenvalue weighted by atomic mass is 14.5. The van der Waals surface area contributed by atoms with Gasteiger partial charge in [-0.1, -0.05) is 102 Å². The number of allylic oxidation sites excluding steroid dienone is 4. The molecule has 0 N–H and O–H groups in total. The monoisotopic (exact) mass is 356 g/mol. The summed E-state index contributed by atoms with van der Waals surface area (Å²) in [4.78, 5) is 0. The van der Waals surface area contributed by atoms with Gasteiger partial charge in [0.15, 0.2) is 0 Å². The number of rotatable bonds is 4. The maximum atomic E-state index is 2.57. The lowest BCUT2D eigenvalue weighted by molar-refractivity contribution is 0.291. The minimum Gasteiger partial charge on any atom is -0.0723 e. The van der Waals surface area contributed by atoms with Crippen molar-refractivity contribution in [3.8, 4) is 0 Å². The first-order chi connectivity index (χ1) is 12.8. The number of hydrogen-bond acceptors (Lipinski definition) is 0. The molecule has 0 amide bonds. The molecule has 0 saturated heterocycles. The van der Waals surface area contributed by atoms with Gasteiger partial charge in [0.2, 0.25) is 0 Å². The summed E-state index contributed by atoms with van der Waals surface area (Å²) >= 11 is 0. The Morgan fingerprint density at radius 1 is 0.630 bits per heavy atom. The van der Waals surface area contributed by atoms with Gasteiger partial charge in [-0.15, -0.1) is 0 Å². The van der Waals surface area contributed by atoms with Gasteiger partial charge < -0.3 is 0 Å². The quantitative estimate of drug-likeness (QED) is 0.527. The maximum Gasteiger partial charge on any atom is 0.00902 e. The molecule has 0 spiro atoms. The van der Waals surface area contributed by atoms with Gasteiger partial charge in [-0.05, 0) is 50.7 Å². The molecule has 2 atom stereocenters. The largest absolute Gasteiger partial charge is 0.0723 e. The summed E-state index contributed by atoms with van der Waals surface area (Å²) in [6.07, 6.45) is 5.14. The van der Waals surface area contributed by atoms with Gasteiger partial charge in [0.25, 0.3) is 0 Å². The molecule has 2 aromatic rings. The highest BCUT2D eigenvalue weighted by Crippen LogP contribution is 2.57. The zero-order valence-corrected chi connectivity index (χ0v) is 17.6. The van der Waals surface area contributed by atoms with Crippen LogP contribution in [-0.4, -0.2) is 0 Å². The van der Waals surface area contributed by atoms with Crippen molar-refractivity contribution in [2.45, 2.75) is 53.4 Å². The Balaban J connectivity index is 1.83. The topological polar surface area (TPSA) is 0 Å². The normalized spacial score (nSPS) is 21.3. The molecular weight excluding hydrogens is 324 g/mol. The molecule has 4 rings (SSSR count). The molecule has 0 radical (unpaired) electrons. The summed E-state index contributed by atoms with van der Waals surface area (Å²) in [6.45, 7) is 14.2. The van der Waals surface area contributed by atoms with Crippen LogP contribution in [0.25, 0.3) is 11.1 Å². The van der Waals surface area contributed by atoms with Crippen molar-refractivity contribution in [1.29, 1.82) is 0 Å². The van der Waals surface area contributed by atoms with Crippen LogP contribution < -0.4 is 0 Å². The molecule has 0 nitrogen and oxygen atoms in total. The minimum atomic E-state index is 0.124. The average molecular weight is 357 g/mol. The first-order valence-corrected chi connectivity index (χ1v) is 10.4. The van der Waals surface area contributed by atoms with E-state index in [1.807, 2.05) is 0 Å². The van der Waals surface area contributed by atoms with Gasteiger partial charge in [0.1, 0.15) is 0 Å². The van der Waals surface area contributed by atoms with E-state index in [-0.39, 0.29) is 5.41 Å². The van der Waals surface area contributed by atoms with Crippen molar-refractivity contribution in [3.05, 3.63) is 82.9 Å². The van der Waals surface area contributed by atoms with E-state index in [4.69, 9.17) is 0 Å². The molecule has 0 heterocycles. The molecule has 0 aliphatic heterocycles. The van der Waals surface area contributed by atoms with E-state index < -0.39 is 0 Å². The standard InChI is InChI=1S/C27H32/c1-17(2)23-15-25(21-13-9-7-11-19(21)23)27(5,6)26-16-24(18(3)4)20-12-8-10-14-22(20)26/h7-18,25-26H,1-6H3. The molecule has 0 fully saturated rings. The average Bonchev–Trinajstić information content (AvgIpc) is 3.22. The maximum absolute atomic E-state index is 2.57. The van der Waals surface area contributed by atoms with Crippen LogP contribution >= 0.6 is 0 Å². The van der Waals surface area contributed by atoms with Crippen LogP contribution in [0.4, 0.5) is 0 Å². The number of fused-ring (bicyclic) bond motifs is 2. The summed E-state index contributed by atoms with van der Waals surface area (Å²) in [5, 5.41) is 0. The minimum absolute atomic E-state index is 0.124. The molecule has 0 bridgehead atoms. The number of hydrogen-bond donors (Lipinski definition) is 0. The van der Waals surface area contributed by atoms with E-state index in [9.17, 15) is 0 Å². The van der Waals surface area contributed by atoms with E-state index in [2.05, 4.69) is 102 Å². The van der Waals surface area contributed by atoms with Crippen molar-refractivity contribution >= 4 is 11.1 Å². The van der Waals surface area contributed by atoms with Crippen LogP contribution in [0.2, 0.25) is 0 Å². The van der Waals surface area contributed by atoms with E-state index in [1.54, 1.807) is 0 Å². The van der Waals surface area contributed by atoms with Gasteiger partial charge >= 0.3 is 0 Å². The molecule has 2 aromatic carbocycles. The van der Waals surface area contributed by atoms with Crippen LogP contribution in [0.15, 0.2) is 60.7 Å². The van der Waals surface area contributed by atoms with E-state index in [1.165, 1.54) is 33.4 Å². The Hall–Kier alpha value is -2.08. The highest BCUT2D eigenvalue weighted by molar-refractivity contribution is 5.78. The summed E-state index contributed by atoms with van der Waals surface area (Å²) in [5.74, 6) is 2.02. The molecule has 27 heavy (non-hydrogen) atoms. The van der Waals surface area contributed by atoms with E-state index in [0.29, 0.717) is 23.7 Å². The first-order valence-electron chi connectivity index (χ1n) is 10.4. The fraction of sp³-hybridized carbons (Fsp3) is 0.407. The molecule has 2 unspecified atom stereocenters. The lowest BCUT2D eigenvalue weighted by Crippen LogP contribution is -2.26. The Morgan fingerprint density at radius 2 is 1.00 bits per heavy atom. The van der Waals surface area contributed by atoms with Crippen molar-refractivity contribution in [1.82, 2.24) is 0 Å². The molecule has 140 valence electrons. The first kappa shape index (κ1) is 18.3. The van der Waals surface area contributed by atoms with Crippen molar-refractivity contribution in [2.24, 2.45) is 17.3 Å². The van der Waals surface area contributed by atoms with E-state index >= 15 is 0 Å².